The van der Waals surface area contributed by atoms with Gasteiger partial charge in [0.15, 0.2) is 105 Å². The lowest BCUT2D eigenvalue weighted by molar-refractivity contribution is 0.379. The fourth-order valence-corrected chi connectivity index (χ4v) is 19.0. The highest BCUT2D eigenvalue weighted by Crippen LogP contribution is 2.52. The molecule has 584 valence electrons. The average Bonchev–Trinajstić information content (AvgIpc) is 0.700. The van der Waals surface area contributed by atoms with Gasteiger partial charge in [0.1, 0.15) is 103 Å². The standard InChI is InChI=1S/2C38H16BF15P.CH2Cl2/c2*40-24-21(25(41)31(47)36(52)30(24)46)39(22-26(42)32(48)37(53)33(49)27(22)43,23-28(44)34(50)38(54)35(51)29(23)45)16-20(17-10-4-1-5-11-17)55(18-12-6-2-7-13-18)19-14-8-3-9-15-19;2-1-3/h2*1-16H;1H2/q2*-1;/p+2/b2*20-16+;. The highest BCUT2D eigenvalue weighted by atomic mass is 35.5. The van der Waals surface area contributed by atoms with E-state index in [4.69, 9.17) is 23.2 Å². The van der Waals surface area contributed by atoms with Crippen molar-refractivity contribution in [1.82, 2.24) is 0 Å². The maximum Gasteiger partial charge on any atom is 0.200 e. The van der Waals surface area contributed by atoms with Gasteiger partial charge in [0.25, 0.3) is 0 Å². The van der Waals surface area contributed by atoms with E-state index < -0.39 is 246 Å². The molecule has 0 aliphatic heterocycles. The Morgan fingerprint density at radius 3 is 0.442 bits per heavy atom. The van der Waals surface area contributed by atoms with Crippen LogP contribution in [0.3, 0.4) is 0 Å². The van der Waals surface area contributed by atoms with Gasteiger partial charge < -0.3 is 0 Å². The average molecular weight is 1690 g/mol. The second-order valence-corrected chi connectivity index (χ2v) is 29.7. The Kier molecular flexibility index (Phi) is 26.0. The first-order chi connectivity index (χ1) is 53.6. The van der Waals surface area contributed by atoms with Gasteiger partial charge >= 0.3 is 0 Å². The van der Waals surface area contributed by atoms with E-state index in [1.807, 2.05) is 0 Å². The van der Waals surface area contributed by atoms with Gasteiger partial charge in [0.05, 0.1) is 31.8 Å². The molecule has 0 saturated heterocycles. The molecule has 0 amide bonds. The molecule has 0 saturated carbocycles. The maximum atomic E-state index is 16.3. The van der Waals surface area contributed by atoms with Gasteiger partial charge in [-0.1, -0.05) is 133 Å². The first-order valence-electron chi connectivity index (χ1n) is 31.6. The molecule has 12 aromatic rings. The van der Waals surface area contributed by atoms with E-state index in [2.05, 4.69) is 0 Å². The molecule has 0 radical (unpaired) electrons. The smallest absolute Gasteiger partial charge is 0.200 e. The van der Waals surface area contributed by atoms with E-state index in [-0.39, 0.29) is 49.6 Å². The predicted octanol–water partition coefficient (Wildman–Crippen LogP) is 18.8. The second kappa shape index (κ2) is 34.5. The van der Waals surface area contributed by atoms with Crippen molar-refractivity contribution in [2.75, 3.05) is 5.34 Å². The van der Waals surface area contributed by atoms with Crippen LogP contribution < -0.4 is 54.0 Å². The van der Waals surface area contributed by atoms with E-state index in [0.29, 0.717) is 0 Å². The van der Waals surface area contributed by atoms with Crippen molar-refractivity contribution in [2.24, 2.45) is 0 Å². The molecule has 0 unspecified atom stereocenters. The van der Waals surface area contributed by atoms with Gasteiger partial charge in [0, 0.05) is 11.1 Å². The lowest BCUT2D eigenvalue weighted by atomic mass is 9.15. The number of alkyl halides is 2. The first-order valence-corrected chi connectivity index (χ1v) is 35.7. The van der Waals surface area contributed by atoms with Gasteiger partial charge in [-0.25, -0.2) is 132 Å². The second-order valence-electron chi connectivity index (χ2n) is 24.0. The van der Waals surface area contributed by atoms with Gasteiger partial charge in [-0.3, -0.25) is 0 Å². The minimum Gasteiger partial charge on any atom is -0.207 e. The fraction of sp³-hybridized carbons (Fsp3) is 0.0130. The van der Waals surface area contributed by atoms with E-state index in [1.54, 1.807) is 0 Å². The van der Waals surface area contributed by atoms with Crippen LogP contribution in [0.5, 0.6) is 0 Å². The Hall–Kier alpha value is -10.4. The van der Waals surface area contributed by atoms with Gasteiger partial charge in [-0.2, -0.15) is 12.0 Å². The summed E-state index contributed by atoms with van der Waals surface area (Å²) in [5.74, 6) is -91.3. The SMILES string of the molecule is ClCCl.Fc1c(F)c(F)c([B-](/C=C(\c2ccccc2)[PH+](c2ccccc2)c2ccccc2)(c2c(F)c(F)c(F)c(F)c2F)c2c(F)c(F)c(F)c(F)c2F)c(F)c1F.Fc1c(F)c(F)c([B-](/C=C(\c2ccccc2)[PH+](c2ccccc2)c2ccccc2)(c2c(F)c(F)c(F)c(F)c2F)c2c(F)c(F)c(F)c(F)c2F)c(F)c1F. The van der Waals surface area contributed by atoms with Crippen LogP contribution in [0.25, 0.3) is 10.6 Å². The van der Waals surface area contributed by atoms with Gasteiger partial charge in [0.2, 0.25) is 0 Å². The summed E-state index contributed by atoms with van der Waals surface area (Å²) in [5.41, 5.74) is -16.6. The van der Waals surface area contributed by atoms with Crippen molar-refractivity contribution < 1.29 is 132 Å². The van der Waals surface area contributed by atoms with Crippen molar-refractivity contribution in [3.63, 3.8) is 0 Å². The predicted molar refractivity (Wildman–Crippen MR) is 373 cm³/mol. The number of rotatable bonds is 16. The Bertz CT molecular complexity index is 4780. The zero-order valence-corrected chi connectivity index (χ0v) is 58.9. The molecule has 0 atom stereocenters. The van der Waals surface area contributed by atoms with E-state index in [0.717, 1.165) is 0 Å². The van der Waals surface area contributed by atoms with E-state index in [1.165, 1.54) is 182 Å². The molecule has 12 aromatic carbocycles. The summed E-state index contributed by atoms with van der Waals surface area (Å²) in [5, 5.41) is -0.0902. The quantitative estimate of drug-likeness (QED) is 0.0226. The van der Waals surface area contributed by atoms with Crippen LogP contribution in [-0.4, -0.2) is 17.6 Å². The molecule has 0 nitrogen and oxygen atoms in total. The zero-order valence-electron chi connectivity index (χ0n) is 55.4. The third-order valence-corrected chi connectivity index (χ3v) is 23.6. The molecule has 0 aliphatic rings. The molecule has 12 rings (SSSR count). The largest absolute Gasteiger partial charge is 0.207 e. The van der Waals surface area contributed by atoms with Crippen LogP contribution in [0, 0.1) is 175 Å². The molecule has 0 spiro atoms. The Morgan fingerprint density at radius 1 is 0.195 bits per heavy atom. The summed E-state index contributed by atoms with van der Waals surface area (Å²) in [6, 6.07) is 41.6. The van der Waals surface area contributed by atoms with Gasteiger partial charge in [-0.15, -0.1) is 56.0 Å². The molecule has 0 N–H and O–H groups in total. The molecule has 0 bridgehead atoms. The number of hydrogen-bond acceptors (Lipinski definition) is 0. The third kappa shape index (κ3) is 15.0. The Labute approximate surface area is 629 Å². The van der Waals surface area contributed by atoms with Crippen LogP contribution in [-0.2, 0) is 0 Å². The normalized spacial score (nSPS) is 12.0. The van der Waals surface area contributed by atoms with Crippen molar-refractivity contribution >= 4 is 116 Å². The Balaban J connectivity index is 0.000000231. The summed E-state index contributed by atoms with van der Waals surface area (Å²) >= 11 is 9.53. The summed E-state index contributed by atoms with van der Waals surface area (Å²) in [6.07, 6.45) is -11.9. The maximum absolute atomic E-state index is 16.3. The monoisotopic (exact) mass is 1680 g/mol. The summed E-state index contributed by atoms with van der Waals surface area (Å²) < 4.78 is 466. The number of halogens is 32. The van der Waals surface area contributed by atoms with Crippen LogP contribution in [0.1, 0.15) is 11.1 Å². The number of benzene rings is 12. The number of hydrogen-bond donors (Lipinski definition) is 0. The molecular weight excluding hydrogens is 1650 g/mol. The lowest BCUT2D eigenvalue weighted by Crippen LogP contribution is -2.72. The van der Waals surface area contributed by atoms with Crippen molar-refractivity contribution in [3.05, 3.63) is 380 Å². The van der Waals surface area contributed by atoms with Crippen LogP contribution >= 0.6 is 39.0 Å². The fourth-order valence-electron chi connectivity index (χ4n) is 13.3. The molecule has 113 heavy (non-hydrogen) atoms. The van der Waals surface area contributed by atoms with Crippen LogP contribution in [0.15, 0.2) is 194 Å². The summed E-state index contributed by atoms with van der Waals surface area (Å²) in [4.78, 5) is 0. The highest BCUT2D eigenvalue weighted by Gasteiger charge is 2.51. The molecule has 0 fully saturated rings. The minimum absolute atomic E-state index is 0.0679. The van der Waals surface area contributed by atoms with Crippen LogP contribution in [0.2, 0.25) is 0 Å². The van der Waals surface area contributed by atoms with E-state index >= 15 is 105 Å². The highest BCUT2D eigenvalue weighted by molar-refractivity contribution is 7.82. The van der Waals surface area contributed by atoms with Crippen molar-refractivity contribution in [2.45, 2.75) is 0 Å². The van der Waals surface area contributed by atoms with E-state index in [9.17, 15) is 26.3 Å². The summed E-state index contributed by atoms with van der Waals surface area (Å²) in [7, 11) is -6.09. The minimum atomic E-state index is -5.96. The molecule has 36 heteroatoms. The van der Waals surface area contributed by atoms with Crippen molar-refractivity contribution in [1.29, 1.82) is 0 Å². The zero-order chi connectivity index (χ0) is 82.9. The van der Waals surface area contributed by atoms with Gasteiger partial charge in [-0.05, 0) is 48.5 Å². The molecule has 0 heterocycles. The molecule has 0 aliphatic carbocycles. The molecule has 0 aromatic heterocycles. The Morgan fingerprint density at radius 2 is 0.310 bits per heavy atom. The first kappa shape index (κ1) is 85.0. The molecular formula is C77H36B2Cl2F30P2. The lowest BCUT2D eigenvalue weighted by Gasteiger charge is -2.42. The topological polar surface area (TPSA) is 0 Å². The van der Waals surface area contributed by atoms with Crippen LogP contribution in [0.4, 0.5) is 132 Å². The van der Waals surface area contributed by atoms with Crippen molar-refractivity contribution in [3.8, 4) is 0 Å². The summed E-state index contributed by atoms with van der Waals surface area (Å²) in [6.45, 7) is 0. The third-order valence-electron chi connectivity index (χ3n) is 18.0.